The van der Waals surface area contributed by atoms with Gasteiger partial charge in [-0.2, -0.15) is 11.8 Å². The lowest BCUT2D eigenvalue weighted by Crippen LogP contribution is -2.36. The normalized spacial score (nSPS) is 24.0. The van der Waals surface area contributed by atoms with E-state index in [1.54, 1.807) is 0 Å². The first-order valence-electron chi connectivity index (χ1n) is 19.9. The van der Waals surface area contributed by atoms with Gasteiger partial charge in [-0.1, -0.05) is 6.42 Å². The summed E-state index contributed by atoms with van der Waals surface area (Å²) in [5.41, 5.74) is 6.61. The van der Waals surface area contributed by atoms with Crippen LogP contribution in [0.5, 0.6) is 0 Å². The lowest BCUT2D eigenvalue weighted by Gasteiger charge is -2.16. The van der Waals surface area contributed by atoms with E-state index in [9.17, 15) is 19.8 Å². The highest BCUT2D eigenvalue weighted by molar-refractivity contribution is 8.00. The molecule has 0 spiro atoms. The quantitative estimate of drug-likeness (QED) is 0.0381. The zero-order valence-electron chi connectivity index (χ0n) is 32.9. The number of ether oxygens (including phenoxy) is 9. The number of rotatable bonds is 32. The summed E-state index contributed by atoms with van der Waals surface area (Å²) < 4.78 is 51.5. The van der Waals surface area contributed by atoms with Gasteiger partial charge in [-0.05, 0) is 12.8 Å². The summed E-state index contributed by atoms with van der Waals surface area (Å²) in [5.74, 6) is 1.20. The second-order valence-electron chi connectivity index (χ2n) is 13.7. The van der Waals surface area contributed by atoms with E-state index in [0.29, 0.717) is 122 Å². The van der Waals surface area contributed by atoms with Crippen molar-refractivity contribution in [2.75, 3.05) is 124 Å². The number of carbonyl (C=O) groups excluding carboxylic acids is 2. The Morgan fingerprint density at radius 3 is 2.02 bits per heavy atom. The molecule has 5 heterocycles. The fourth-order valence-electron chi connectivity index (χ4n) is 6.52. The number of carbonyl (C=O) groups is 2. The number of unbranched alkanes of at least 4 members (excludes halogenated alkanes) is 1. The van der Waals surface area contributed by atoms with E-state index in [-0.39, 0.29) is 43.1 Å². The maximum Gasteiger partial charge on any atom is 0.315 e. The van der Waals surface area contributed by atoms with Crippen LogP contribution in [-0.4, -0.2) is 195 Å². The molecule has 7 N–H and O–H groups in total. The number of aliphatic hydroxyl groups is 2. The predicted octanol–water partition coefficient (Wildman–Crippen LogP) is -0.997. The molecular formula is C36H60N8O13S. The minimum absolute atomic E-state index is 0.0329. The van der Waals surface area contributed by atoms with Crippen molar-refractivity contribution >= 4 is 40.7 Å². The van der Waals surface area contributed by atoms with Gasteiger partial charge in [-0.25, -0.2) is 19.7 Å². The van der Waals surface area contributed by atoms with Gasteiger partial charge < -0.3 is 74.5 Å². The number of nitrogens with one attached hydrogen (secondary N) is 3. The van der Waals surface area contributed by atoms with Crippen molar-refractivity contribution in [1.29, 1.82) is 0 Å². The second kappa shape index (κ2) is 26.3. The Hall–Kier alpha value is -3.00. The van der Waals surface area contributed by atoms with Gasteiger partial charge in [0.15, 0.2) is 17.7 Å². The minimum atomic E-state index is -1.20. The zero-order chi connectivity index (χ0) is 40.8. The van der Waals surface area contributed by atoms with Gasteiger partial charge in [0.25, 0.3) is 0 Å². The van der Waals surface area contributed by atoms with Crippen molar-refractivity contribution in [3.63, 3.8) is 0 Å². The van der Waals surface area contributed by atoms with Crippen LogP contribution in [-0.2, 0) is 47.4 Å². The van der Waals surface area contributed by atoms with Crippen LogP contribution < -0.4 is 21.7 Å². The molecule has 328 valence electrons. The van der Waals surface area contributed by atoms with Crippen molar-refractivity contribution in [2.24, 2.45) is 0 Å². The van der Waals surface area contributed by atoms with Crippen LogP contribution in [0.25, 0.3) is 11.2 Å². The number of fused-ring (bicyclic) bond motifs is 2. The van der Waals surface area contributed by atoms with E-state index in [1.165, 1.54) is 17.2 Å². The number of nitrogens with two attached hydrogens (primary N) is 1. The van der Waals surface area contributed by atoms with Crippen LogP contribution in [0.3, 0.4) is 0 Å². The molecular weight excluding hydrogens is 785 g/mol. The number of imidazole rings is 1. The summed E-state index contributed by atoms with van der Waals surface area (Å²) in [6.07, 6.45) is 2.03. The van der Waals surface area contributed by atoms with Gasteiger partial charge in [0.05, 0.1) is 124 Å². The third kappa shape index (κ3) is 15.2. The first-order chi connectivity index (χ1) is 28.4. The molecule has 3 fully saturated rings. The summed E-state index contributed by atoms with van der Waals surface area (Å²) in [6.45, 7) is 6.87. The lowest BCUT2D eigenvalue weighted by molar-refractivity contribution is -0.121. The number of aliphatic hydroxyl groups excluding tert-OH is 2. The average molecular weight is 845 g/mol. The van der Waals surface area contributed by atoms with Gasteiger partial charge >= 0.3 is 6.03 Å². The number of thioether (sulfide) groups is 1. The molecule has 5 rings (SSSR count). The Balaban J connectivity index is 0.698. The molecule has 3 amide bonds. The van der Waals surface area contributed by atoms with Crippen LogP contribution >= 0.6 is 11.8 Å². The number of aromatic nitrogens is 4. The first kappa shape index (κ1) is 46.1. The molecule has 3 saturated heterocycles. The molecule has 0 aliphatic carbocycles. The van der Waals surface area contributed by atoms with Gasteiger partial charge in [-0.15, -0.1) is 0 Å². The fourth-order valence-corrected chi connectivity index (χ4v) is 8.06. The SMILES string of the molecule is Nc1ncnc2c1ncn2[C@@H]1O[C@H](COCCOCCOCCOCCOCCOCCOCCOCCNC(=O)CCCC[C@@H]2SCC3NC(=O)NC32)[C@@H](O)[C@H]1O. The number of urea groups is 1. The van der Waals surface area contributed by atoms with Crippen molar-refractivity contribution in [1.82, 2.24) is 35.5 Å². The van der Waals surface area contributed by atoms with Crippen LogP contribution in [0.4, 0.5) is 10.6 Å². The molecule has 2 unspecified atom stereocenters. The molecule has 3 aliphatic heterocycles. The van der Waals surface area contributed by atoms with E-state index >= 15 is 0 Å². The van der Waals surface area contributed by atoms with E-state index in [1.807, 2.05) is 11.8 Å². The Kier molecular flexibility index (Phi) is 20.9. The standard InChI is InChI=1S/C36H60N8O13S/c37-33-30-34(40-23-39-33)44(24-41-30)35-32(47)31(46)26(57-35)21-56-20-19-55-18-17-54-16-15-53-14-13-52-12-11-51-10-9-50-8-7-49-6-5-38-28(45)4-2-1-3-27-29-25(22-58-27)42-36(48)43-29/h23-27,29,31-32,35,46-47H,1-22H2,(H,38,45)(H2,37,39,40)(H2,42,43,48)/t25?,26-,27+,29?,31-,32-,35-/m1/s1. The fraction of sp³-hybridized carbons (Fsp3) is 0.806. The molecule has 3 aliphatic rings. The van der Waals surface area contributed by atoms with Crippen LogP contribution in [0.2, 0.25) is 0 Å². The van der Waals surface area contributed by atoms with Gasteiger partial charge in [0.1, 0.15) is 30.2 Å². The van der Waals surface area contributed by atoms with Gasteiger partial charge in [-0.3, -0.25) is 9.36 Å². The number of hydrogen-bond acceptors (Lipinski definition) is 18. The van der Waals surface area contributed by atoms with Crippen LogP contribution in [0, 0.1) is 0 Å². The van der Waals surface area contributed by atoms with Gasteiger partial charge in [0, 0.05) is 24.0 Å². The van der Waals surface area contributed by atoms with Crippen LogP contribution in [0.1, 0.15) is 31.9 Å². The number of anilines is 1. The lowest BCUT2D eigenvalue weighted by atomic mass is 10.0. The number of nitrogen functional groups attached to an aromatic ring is 1. The van der Waals surface area contributed by atoms with E-state index < -0.39 is 24.5 Å². The molecule has 7 atom stereocenters. The Morgan fingerprint density at radius 2 is 1.40 bits per heavy atom. The molecule has 2 aromatic heterocycles. The maximum absolute atomic E-state index is 12.1. The van der Waals surface area contributed by atoms with Crippen LogP contribution in [0.15, 0.2) is 12.7 Å². The highest BCUT2D eigenvalue weighted by Gasteiger charge is 2.45. The Morgan fingerprint density at radius 1 is 0.810 bits per heavy atom. The molecule has 22 heteroatoms. The summed E-state index contributed by atoms with van der Waals surface area (Å²) in [6, 6.07) is 0.384. The molecule has 0 aromatic carbocycles. The van der Waals surface area contributed by atoms with Gasteiger partial charge in [0.2, 0.25) is 5.91 Å². The van der Waals surface area contributed by atoms with E-state index in [0.717, 1.165) is 25.0 Å². The minimum Gasteiger partial charge on any atom is -0.387 e. The molecule has 58 heavy (non-hydrogen) atoms. The molecule has 21 nitrogen and oxygen atoms in total. The smallest absolute Gasteiger partial charge is 0.315 e. The summed E-state index contributed by atoms with van der Waals surface area (Å²) in [5, 5.41) is 30.3. The highest BCUT2D eigenvalue weighted by Crippen LogP contribution is 2.34. The van der Waals surface area contributed by atoms with Crippen molar-refractivity contribution in [2.45, 2.75) is 67.6 Å². The number of nitrogens with zero attached hydrogens (tertiary/aromatic N) is 4. The monoisotopic (exact) mass is 844 g/mol. The summed E-state index contributed by atoms with van der Waals surface area (Å²) >= 11 is 1.90. The Bertz CT molecular complexity index is 1480. The van der Waals surface area contributed by atoms with E-state index in [2.05, 4.69) is 30.9 Å². The average Bonchev–Trinajstić information content (AvgIpc) is 3.98. The largest absolute Gasteiger partial charge is 0.387 e. The summed E-state index contributed by atoms with van der Waals surface area (Å²) in [4.78, 5) is 35.8. The predicted molar refractivity (Wildman–Crippen MR) is 209 cm³/mol. The molecule has 2 aromatic rings. The number of hydrogen-bond donors (Lipinski definition) is 6. The van der Waals surface area contributed by atoms with Crippen molar-refractivity contribution in [3.8, 4) is 0 Å². The highest BCUT2D eigenvalue weighted by atomic mass is 32.2. The molecule has 0 saturated carbocycles. The summed E-state index contributed by atoms with van der Waals surface area (Å²) in [7, 11) is 0. The second-order valence-corrected chi connectivity index (χ2v) is 15.0. The Labute approximate surface area is 342 Å². The molecule has 0 radical (unpaired) electrons. The topological polar surface area (TPSA) is 263 Å². The number of amides is 3. The first-order valence-corrected chi connectivity index (χ1v) is 21.0. The van der Waals surface area contributed by atoms with Crippen molar-refractivity contribution in [3.05, 3.63) is 12.7 Å². The third-order valence-corrected chi connectivity index (χ3v) is 11.0. The third-order valence-electron chi connectivity index (χ3n) is 9.53. The van der Waals surface area contributed by atoms with Crippen molar-refractivity contribution < 1.29 is 62.4 Å². The molecule has 0 bridgehead atoms. The zero-order valence-corrected chi connectivity index (χ0v) is 33.7. The van der Waals surface area contributed by atoms with E-state index in [4.69, 9.17) is 48.4 Å². The maximum atomic E-state index is 12.1.